The third-order valence-electron chi connectivity index (χ3n) is 3.83. The number of aryl methyl sites for hydroxylation is 1. The molecule has 0 aliphatic rings. The van der Waals surface area contributed by atoms with Crippen molar-refractivity contribution in [3.05, 3.63) is 70.8 Å². The van der Waals surface area contributed by atoms with Crippen LogP contribution in [0.15, 0.2) is 54.6 Å². The summed E-state index contributed by atoms with van der Waals surface area (Å²) in [6.07, 6.45) is 0. The number of para-hydroxylation sites is 1. The maximum atomic E-state index is 5.88. The van der Waals surface area contributed by atoms with Crippen molar-refractivity contribution in [2.24, 2.45) is 0 Å². The van der Waals surface area contributed by atoms with Crippen molar-refractivity contribution in [1.29, 1.82) is 0 Å². The van der Waals surface area contributed by atoms with Crippen molar-refractivity contribution in [3.8, 4) is 17.4 Å². The van der Waals surface area contributed by atoms with Gasteiger partial charge in [-0.15, -0.1) is 0 Å². The first-order valence-electron chi connectivity index (χ1n) is 8.19. The third kappa shape index (κ3) is 3.70. The molecule has 10 heteroatoms. The van der Waals surface area contributed by atoms with E-state index in [1.807, 2.05) is 61.5 Å². The maximum absolute atomic E-state index is 5.88. The summed E-state index contributed by atoms with van der Waals surface area (Å²) in [4.78, 5) is 0. The van der Waals surface area contributed by atoms with Crippen molar-refractivity contribution in [2.75, 3.05) is 5.43 Å². The molecule has 0 saturated carbocycles. The van der Waals surface area contributed by atoms with E-state index >= 15 is 0 Å². The average molecular weight is 380 g/mol. The zero-order chi connectivity index (χ0) is 18.6. The lowest BCUT2D eigenvalue weighted by Gasteiger charge is -2.10. The van der Waals surface area contributed by atoms with Gasteiger partial charge in [-0.05, 0) is 59.4 Å². The Hall–Kier alpha value is -3.53. The Morgan fingerprint density at radius 1 is 1.15 bits per heavy atom. The molecule has 2 N–H and O–H groups in total. The van der Waals surface area contributed by atoms with Gasteiger partial charge in [-0.3, -0.25) is 5.10 Å². The number of tetrazole rings is 1. The Morgan fingerprint density at radius 2 is 2.00 bits per heavy atom. The van der Waals surface area contributed by atoms with Gasteiger partial charge in [-0.1, -0.05) is 35.4 Å². The van der Waals surface area contributed by atoms with E-state index in [2.05, 4.69) is 31.1 Å². The summed E-state index contributed by atoms with van der Waals surface area (Å²) in [6, 6.07) is 17.5. The van der Waals surface area contributed by atoms with Crippen LogP contribution in [0, 0.1) is 11.7 Å². The van der Waals surface area contributed by atoms with Crippen LogP contribution in [0.1, 0.15) is 11.4 Å². The van der Waals surface area contributed by atoms with Crippen molar-refractivity contribution in [3.63, 3.8) is 0 Å². The summed E-state index contributed by atoms with van der Waals surface area (Å²) >= 11 is 5.18. The Kier molecular flexibility index (Phi) is 4.62. The van der Waals surface area contributed by atoms with Gasteiger partial charge in [0.05, 0.1) is 12.2 Å². The predicted molar refractivity (Wildman–Crippen MR) is 101 cm³/mol. The summed E-state index contributed by atoms with van der Waals surface area (Å²) < 4.78 is 9.66. The molecular weight excluding hydrogens is 364 g/mol. The normalized spacial score (nSPS) is 10.7. The van der Waals surface area contributed by atoms with Crippen molar-refractivity contribution in [2.45, 2.75) is 13.5 Å². The molecule has 2 aromatic heterocycles. The molecule has 0 bridgehead atoms. The molecule has 4 rings (SSSR count). The quantitative estimate of drug-likeness (QED) is 0.496. The second-order valence-corrected chi connectivity index (χ2v) is 6.09. The molecule has 0 radical (unpaired) electrons. The number of hydrogen-bond donors (Lipinski definition) is 2. The molecular formula is C17H16N8OS. The van der Waals surface area contributed by atoms with Gasteiger partial charge in [0.15, 0.2) is 0 Å². The summed E-state index contributed by atoms with van der Waals surface area (Å²) in [7, 11) is 0. The molecule has 0 amide bonds. The average Bonchev–Trinajstić information content (AvgIpc) is 3.28. The first-order valence-corrected chi connectivity index (χ1v) is 8.60. The first kappa shape index (κ1) is 16.9. The highest BCUT2D eigenvalue weighted by Gasteiger charge is 2.11. The predicted octanol–water partition coefficient (Wildman–Crippen LogP) is 2.76. The zero-order valence-electron chi connectivity index (χ0n) is 14.4. The highest BCUT2D eigenvalue weighted by molar-refractivity contribution is 7.71. The van der Waals surface area contributed by atoms with Crippen LogP contribution in [0.3, 0.4) is 0 Å². The topological polar surface area (TPSA) is 98.5 Å². The number of benzene rings is 2. The molecule has 9 nitrogen and oxygen atoms in total. The van der Waals surface area contributed by atoms with Gasteiger partial charge in [0, 0.05) is 0 Å². The molecule has 2 heterocycles. The van der Waals surface area contributed by atoms with E-state index in [-0.39, 0.29) is 0 Å². The standard InChI is InChI=1S/C17H16N8OS/c1-12-19-21-17(27)24(12)18-11-13-6-5-9-15(10-13)26-16-20-22-23-25(16)14-7-3-2-4-8-14/h2-10,18H,11H2,1H3,(H,21,27). The number of H-pyrrole nitrogens is 1. The maximum Gasteiger partial charge on any atom is 0.345 e. The van der Waals surface area contributed by atoms with Crippen LogP contribution in [0.25, 0.3) is 5.69 Å². The number of aromatic nitrogens is 7. The van der Waals surface area contributed by atoms with Crippen LogP contribution in [0.2, 0.25) is 0 Å². The van der Waals surface area contributed by atoms with Crippen LogP contribution in [0.5, 0.6) is 11.8 Å². The Labute approximate surface area is 159 Å². The summed E-state index contributed by atoms with van der Waals surface area (Å²) in [5.74, 6) is 1.39. The van der Waals surface area contributed by atoms with Crippen LogP contribution in [-0.4, -0.2) is 35.1 Å². The highest BCUT2D eigenvalue weighted by Crippen LogP contribution is 2.22. The SMILES string of the molecule is Cc1n[nH]c(=S)n1NCc1cccc(Oc2nnnn2-c2ccccc2)c1. The van der Waals surface area contributed by atoms with E-state index in [9.17, 15) is 0 Å². The largest absolute Gasteiger partial charge is 0.423 e. The summed E-state index contributed by atoms with van der Waals surface area (Å²) in [5, 5.41) is 18.5. The second kappa shape index (κ2) is 7.38. The van der Waals surface area contributed by atoms with Crippen LogP contribution in [0.4, 0.5) is 0 Å². The fourth-order valence-corrected chi connectivity index (χ4v) is 2.77. The van der Waals surface area contributed by atoms with Crippen LogP contribution in [-0.2, 0) is 6.54 Å². The molecule has 0 aliphatic carbocycles. The van der Waals surface area contributed by atoms with E-state index in [0.29, 0.717) is 23.1 Å². The second-order valence-electron chi connectivity index (χ2n) is 5.70. The molecule has 0 atom stereocenters. The minimum absolute atomic E-state index is 0.291. The van der Waals surface area contributed by atoms with Gasteiger partial charge in [-0.2, -0.15) is 9.78 Å². The number of nitrogens with zero attached hydrogens (tertiary/aromatic N) is 6. The monoisotopic (exact) mass is 380 g/mol. The molecule has 136 valence electrons. The smallest absolute Gasteiger partial charge is 0.345 e. The van der Waals surface area contributed by atoms with E-state index in [1.54, 1.807) is 9.36 Å². The van der Waals surface area contributed by atoms with Gasteiger partial charge in [-0.25, -0.2) is 4.68 Å². The molecule has 4 aromatic rings. The third-order valence-corrected chi connectivity index (χ3v) is 4.10. The summed E-state index contributed by atoms with van der Waals surface area (Å²) in [6.45, 7) is 2.41. The number of aromatic amines is 1. The number of nitrogens with one attached hydrogen (secondary N) is 2. The Bertz CT molecular complexity index is 1100. The zero-order valence-corrected chi connectivity index (χ0v) is 15.2. The van der Waals surface area contributed by atoms with Gasteiger partial charge in [0.25, 0.3) is 0 Å². The number of ether oxygens (including phenoxy) is 1. The molecule has 0 fully saturated rings. The number of hydrogen-bond acceptors (Lipinski definition) is 7. The van der Waals surface area contributed by atoms with Crippen LogP contribution >= 0.6 is 12.2 Å². The van der Waals surface area contributed by atoms with E-state index in [1.165, 1.54) is 0 Å². The Morgan fingerprint density at radius 3 is 2.78 bits per heavy atom. The van der Waals surface area contributed by atoms with Gasteiger partial charge >= 0.3 is 6.01 Å². The van der Waals surface area contributed by atoms with Gasteiger partial charge in [0.1, 0.15) is 11.6 Å². The molecule has 0 saturated heterocycles. The lowest BCUT2D eigenvalue weighted by atomic mass is 10.2. The lowest BCUT2D eigenvalue weighted by Crippen LogP contribution is -2.16. The summed E-state index contributed by atoms with van der Waals surface area (Å²) in [5.41, 5.74) is 5.05. The van der Waals surface area contributed by atoms with Gasteiger partial charge in [0.2, 0.25) is 4.77 Å². The van der Waals surface area contributed by atoms with Crippen molar-refractivity contribution < 1.29 is 4.74 Å². The lowest BCUT2D eigenvalue weighted by molar-refractivity contribution is 0.427. The molecule has 0 unspecified atom stereocenters. The fraction of sp³-hybridized carbons (Fsp3) is 0.118. The minimum Gasteiger partial charge on any atom is -0.423 e. The van der Waals surface area contributed by atoms with Gasteiger partial charge < -0.3 is 10.2 Å². The fourth-order valence-electron chi connectivity index (χ4n) is 2.53. The van der Waals surface area contributed by atoms with E-state index in [0.717, 1.165) is 17.1 Å². The Balaban J connectivity index is 1.51. The molecule has 2 aromatic carbocycles. The first-order chi connectivity index (χ1) is 13.2. The van der Waals surface area contributed by atoms with Crippen molar-refractivity contribution >= 4 is 12.2 Å². The van der Waals surface area contributed by atoms with Crippen LogP contribution < -0.4 is 10.2 Å². The molecule has 0 aliphatic heterocycles. The number of rotatable bonds is 6. The van der Waals surface area contributed by atoms with E-state index < -0.39 is 0 Å². The highest BCUT2D eigenvalue weighted by atomic mass is 32.1. The minimum atomic E-state index is 0.291. The molecule has 0 spiro atoms. The van der Waals surface area contributed by atoms with E-state index in [4.69, 9.17) is 17.0 Å². The molecule has 27 heavy (non-hydrogen) atoms. The van der Waals surface area contributed by atoms with Crippen molar-refractivity contribution in [1.82, 2.24) is 35.1 Å².